The van der Waals surface area contributed by atoms with E-state index in [2.05, 4.69) is 33.8 Å². The molecule has 4 atom stereocenters. The van der Waals surface area contributed by atoms with E-state index >= 15 is 4.39 Å². The maximum absolute atomic E-state index is 15.4. The van der Waals surface area contributed by atoms with Gasteiger partial charge >= 0.3 is 0 Å². The average Bonchev–Trinajstić information content (AvgIpc) is 3.38. The van der Waals surface area contributed by atoms with E-state index in [1.165, 1.54) is 0 Å². The van der Waals surface area contributed by atoms with Crippen LogP contribution in [0, 0.1) is 5.92 Å². The normalized spacial score (nSPS) is 29.8. The number of phenolic OH excluding ortho intramolecular Hbond substituents is 1. The summed E-state index contributed by atoms with van der Waals surface area (Å²) in [5.41, 5.74) is 2.63. The number of imidazole rings is 1. The highest BCUT2D eigenvalue weighted by atomic mass is 19.1. The Labute approximate surface area is 180 Å². The summed E-state index contributed by atoms with van der Waals surface area (Å²) < 4.78 is 17.2. The molecule has 0 spiro atoms. The van der Waals surface area contributed by atoms with Crippen molar-refractivity contribution in [2.24, 2.45) is 5.92 Å². The van der Waals surface area contributed by atoms with Gasteiger partial charge in [-0.15, -0.1) is 0 Å². The molecule has 2 aliphatic heterocycles. The van der Waals surface area contributed by atoms with Crippen LogP contribution in [0.4, 0.5) is 4.39 Å². The van der Waals surface area contributed by atoms with E-state index in [1.807, 2.05) is 17.6 Å². The first kappa shape index (κ1) is 19.9. The molecule has 4 heterocycles. The number of allylic oxidation sites excluding steroid dienone is 1. The van der Waals surface area contributed by atoms with Crippen molar-refractivity contribution in [3.8, 4) is 22.7 Å². The van der Waals surface area contributed by atoms with Gasteiger partial charge in [0, 0.05) is 41.0 Å². The van der Waals surface area contributed by atoms with Crippen molar-refractivity contribution in [2.75, 3.05) is 0 Å². The van der Waals surface area contributed by atoms with Gasteiger partial charge in [0.25, 0.3) is 0 Å². The molecule has 31 heavy (non-hydrogen) atoms. The Hall–Kier alpha value is -3.06. The van der Waals surface area contributed by atoms with Crippen LogP contribution in [0.1, 0.15) is 38.8 Å². The number of phenols is 1. The van der Waals surface area contributed by atoms with Crippen LogP contribution in [-0.2, 0) is 0 Å². The van der Waals surface area contributed by atoms with Crippen LogP contribution < -0.4 is 5.32 Å². The lowest BCUT2D eigenvalue weighted by Gasteiger charge is -2.45. The van der Waals surface area contributed by atoms with E-state index in [0.29, 0.717) is 28.9 Å². The van der Waals surface area contributed by atoms with Crippen LogP contribution in [-0.4, -0.2) is 41.9 Å². The molecule has 3 aromatic rings. The highest BCUT2D eigenvalue weighted by Crippen LogP contribution is 2.49. The molecule has 2 N–H and O–H groups in total. The second kappa shape index (κ2) is 6.99. The quantitative estimate of drug-likeness (QED) is 0.659. The van der Waals surface area contributed by atoms with Crippen molar-refractivity contribution >= 4 is 5.57 Å². The van der Waals surface area contributed by atoms with Gasteiger partial charge in [0.1, 0.15) is 11.9 Å². The summed E-state index contributed by atoms with van der Waals surface area (Å²) in [7, 11) is 0. The number of fused-ring (bicyclic) bond motifs is 2. The summed E-state index contributed by atoms with van der Waals surface area (Å²) in [6.45, 7) is 8.32. The fourth-order valence-corrected chi connectivity index (χ4v) is 5.17. The Kier molecular flexibility index (Phi) is 4.48. The molecule has 2 fully saturated rings. The highest BCUT2D eigenvalue weighted by molar-refractivity contribution is 5.70. The lowest BCUT2D eigenvalue weighted by molar-refractivity contribution is 0.0770. The van der Waals surface area contributed by atoms with Gasteiger partial charge in [0.15, 0.2) is 0 Å². The summed E-state index contributed by atoms with van der Waals surface area (Å²) in [6.07, 6.45) is 9.86. The number of piperidine rings is 1. The van der Waals surface area contributed by atoms with Crippen LogP contribution in [0.2, 0.25) is 0 Å². The molecule has 160 valence electrons. The first-order valence-corrected chi connectivity index (χ1v) is 10.5. The molecule has 5 rings (SSSR count). The molecule has 2 saturated heterocycles. The van der Waals surface area contributed by atoms with Crippen molar-refractivity contribution in [3.05, 3.63) is 61.6 Å². The van der Waals surface area contributed by atoms with Gasteiger partial charge in [0.05, 0.1) is 35.8 Å². The minimum Gasteiger partial charge on any atom is -0.507 e. The fraction of sp³-hybridized carbons (Fsp3) is 0.375. The number of benzene rings is 1. The molecule has 2 aromatic heterocycles. The lowest BCUT2D eigenvalue weighted by atomic mass is 9.75. The SMILES string of the molecule is C=C(c1cnc(-c2ccc(-n3ccnc3)cc2O)cn1)[C@H]1C[C@]2(C)CC[C@@](C)(N2)[C@H]1F. The lowest BCUT2D eigenvalue weighted by Crippen LogP contribution is -2.60. The van der Waals surface area contributed by atoms with Gasteiger partial charge in [-0.25, -0.2) is 9.37 Å². The number of nitrogens with zero attached hydrogens (tertiary/aromatic N) is 4. The zero-order chi connectivity index (χ0) is 21.8. The van der Waals surface area contributed by atoms with E-state index in [4.69, 9.17) is 0 Å². The molecule has 0 radical (unpaired) electrons. The Morgan fingerprint density at radius 3 is 2.77 bits per heavy atom. The fourth-order valence-electron chi connectivity index (χ4n) is 5.17. The molecular weight excluding hydrogens is 393 g/mol. The Bertz CT molecular complexity index is 1130. The third-order valence-corrected chi connectivity index (χ3v) is 6.90. The molecule has 0 unspecified atom stereocenters. The van der Waals surface area contributed by atoms with Gasteiger partial charge in [-0.05, 0) is 50.8 Å². The summed E-state index contributed by atoms with van der Waals surface area (Å²) >= 11 is 0. The molecule has 2 aliphatic rings. The molecule has 6 nitrogen and oxygen atoms in total. The minimum absolute atomic E-state index is 0.0684. The van der Waals surface area contributed by atoms with Crippen molar-refractivity contribution < 1.29 is 9.50 Å². The Morgan fingerprint density at radius 2 is 2.10 bits per heavy atom. The summed E-state index contributed by atoms with van der Waals surface area (Å²) in [5, 5.41) is 14.0. The summed E-state index contributed by atoms with van der Waals surface area (Å²) in [4.78, 5) is 13.0. The average molecular weight is 420 g/mol. The number of rotatable bonds is 4. The van der Waals surface area contributed by atoms with Crippen LogP contribution in [0.15, 0.2) is 55.9 Å². The van der Waals surface area contributed by atoms with E-state index in [-0.39, 0.29) is 17.2 Å². The molecule has 0 aliphatic carbocycles. The number of alkyl halides is 1. The topological polar surface area (TPSA) is 75.9 Å². The summed E-state index contributed by atoms with van der Waals surface area (Å²) in [6, 6.07) is 5.34. The van der Waals surface area contributed by atoms with E-state index < -0.39 is 11.7 Å². The van der Waals surface area contributed by atoms with Gasteiger partial charge in [-0.3, -0.25) is 9.97 Å². The zero-order valence-corrected chi connectivity index (χ0v) is 17.7. The minimum atomic E-state index is -1.02. The van der Waals surface area contributed by atoms with Crippen molar-refractivity contribution in [1.29, 1.82) is 0 Å². The van der Waals surface area contributed by atoms with Gasteiger partial charge in [-0.1, -0.05) is 6.58 Å². The van der Waals surface area contributed by atoms with E-state index in [1.54, 1.807) is 43.2 Å². The Morgan fingerprint density at radius 1 is 1.26 bits per heavy atom. The number of aromatic hydroxyl groups is 1. The summed E-state index contributed by atoms with van der Waals surface area (Å²) in [5.74, 6) is -0.187. The van der Waals surface area contributed by atoms with Crippen LogP contribution in [0.25, 0.3) is 22.5 Å². The number of hydrogen-bond acceptors (Lipinski definition) is 5. The number of hydrogen-bond donors (Lipinski definition) is 2. The molecule has 1 aromatic carbocycles. The third-order valence-electron chi connectivity index (χ3n) is 6.90. The van der Waals surface area contributed by atoms with E-state index in [9.17, 15) is 5.11 Å². The largest absolute Gasteiger partial charge is 0.507 e. The predicted molar refractivity (Wildman–Crippen MR) is 117 cm³/mol. The molecular formula is C24H26FN5O. The standard InChI is InChI=1S/C24H26FN5O/c1-15(18-11-23(2)6-7-24(3,29-23)22(18)25)19-12-28-20(13-27-19)17-5-4-16(10-21(17)31)30-9-8-26-14-30/h4-5,8-10,12-14,18,22,29,31H,1,6-7,11H2,2-3H3/t18-,22+,23+,24-/m1/s1. The van der Waals surface area contributed by atoms with Gasteiger partial charge in [0.2, 0.25) is 0 Å². The number of halogens is 1. The molecule has 7 heteroatoms. The highest BCUT2D eigenvalue weighted by Gasteiger charge is 2.55. The van der Waals surface area contributed by atoms with Crippen LogP contribution >= 0.6 is 0 Å². The first-order chi connectivity index (χ1) is 14.8. The monoisotopic (exact) mass is 419 g/mol. The van der Waals surface area contributed by atoms with E-state index in [0.717, 1.165) is 18.5 Å². The second-order valence-corrected chi connectivity index (χ2v) is 9.30. The van der Waals surface area contributed by atoms with Crippen LogP contribution in [0.5, 0.6) is 5.75 Å². The van der Waals surface area contributed by atoms with Gasteiger partial charge in [-0.2, -0.15) is 0 Å². The third kappa shape index (κ3) is 3.33. The first-order valence-electron chi connectivity index (χ1n) is 10.5. The predicted octanol–water partition coefficient (Wildman–Crippen LogP) is 4.31. The molecule has 0 saturated carbocycles. The second-order valence-electron chi connectivity index (χ2n) is 9.30. The molecule has 0 amide bonds. The number of nitrogens with one attached hydrogen (secondary N) is 1. The smallest absolute Gasteiger partial charge is 0.127 e. The molecule has 2 bridgehead atoms. The number of aromatic nitrogens is 4. The van der Waals surface area contributed by atoms with Crippen molar-refractivity contribution in [2.45, 2.75) is 50.4 Å². The van der Waals surface area contributed by atoms with Gasteiger partial charge < -0.3 is 15.0 Å². The Balaban J connectivity index is 1.39. The van der Waals surface area contributed by atoms with Crippen LogP contribution in [0.3, 0.4) is 0 Å². The van der Waals surface area contributed by atoms with Crippen molar-refractivity contribution in [1.82, 2.24) is 24.8 Å². The maximum atomic E-state index is 15.4. The maximum Gasteiger partial charge on any atom is 0.127 e. The zero-order valence-electron chi connectivity index (χ0n) is 17.7. The van der Waals surface area contributed by atoms with Crippen molar-refractivity contribution in [3.63, 3.8) is 0 Å².